The van der Waals surface area contributed by atoms with Gasteiger partial charge in [-0.2, -0.15) is 5.10 Å². The van der Waals surface area contributed by atoms with Crippen molar-refractivity contribution in [2.24, 2.45) is 7.05 Å². The Labute approximate surface area is 106 Å². The molecule has 1 amide bonds. The predicted octanol–water partition coefficient (Wildman–Crippen LogP) is 0.379. The number of anilines is 1. The molecule has 100 valence electrons. The average Bonchev–Trinajstić information content (AvgIpc) is 2.92. The van der Waals surface area contributed by atoms with E-state index >= 15 is 0 Å². The lowest BCUT2D eigenvalue weighted by atomic mass is 10.1. The minimum atomic E-state index is -0.0893. The van der Waals surface area contributed by atoms with Crippen LogP contribution in [0.2, 0.25) is 0 Å². The van der Waals surface area contributed by atoms with E-state index in [-0.39, 0.29) is 18.6 Å². The Morgan fingerprint density at radius 1 is 1.67 bits per heavy atom. The fraction of sp³-hybridized carbons (Fsp3) is 0.667. The number of aromatic nitrogens is 2. The van der Waals surface area contributed by atoms with Crippen molar-refractivity contribution in [3.8, 4) is 0 Å². The van der Waals surface area contributed by atoms with Crippen LogP contribution in [0.3, 0.4) is 0 Å². The molecule has 2 rings (SSSR count). The number of hydrogen-bond acceptors (Lipinski definition) is 4. The van der Waals surface area contributed by atoms with Crippen LogP contribution in [0.5, 0.6) is 0 Å². The van der Waals surface area contributed by atoms with E-state index in [1.807, 2.05) is 4.90 Å². The number of amides is 1. The molecule has 1 unspecified atom stereocenters. The lowest BCUT2D eigenvalue weighted by Crippen LogP contribution is -2.36. The van der Waals surface area contributed by atoms with Crippen molar-refractivity contribution in [3.05, 3.63) is 11.9 Å². The third-order valence-corrected chi connectivity index (χ3v) is 3.39. The molecule has 1 aliphatic heterocycles. The van der Waals surface area contributed by atoms with Gasteiger partial charge in [-0.05, 0) is 25.7 Å². The molecule has 0 saturated carbocycles. The van der Waals surface area contributed by atoms with Crippen molar-refractivity contribution in [1.29, 1.82) is 0 Å². The topological polar surface area (TPSA) is 84.4 Å². The number of nitrogens with two attached hydrogens (primary N) is 1. The monoisotopic (exact) mass is 252 g/mol. The van der Waals surface area contributed by atoms with E-state index in [0.717, 1.165) is 32.2 Å². The normalized spacial score (nSPS) is 19.4. The number of aliphatic hydroxyl groups excluding tert-OH is 1. The number of nitrogens with zero attached hydrogens (tertiary/aromatic N) is 3. The number of nitrogen functional groups attached to an aromatic ring is 1. The molecule has 0 spiro atoms. The van der Waals surface area contributed by atoms with Gasteiger partial charge in [0, 0.05) is 32.4 Å². The molecule has 0 radical (unpaired) electrons. The molecule has 0 aromatic carbocycles. The van der Waals surface area contributed by atoms with Crippen molar-refractivity contribution < 1.29 is 9.90 Å². The highest BCUT2D eigenvalue weighted by Gasteiger charge is 2.31. The zero-order chi connectivity index (χ0) is 13.1. The van der Waals surface area contributed by atoms with Crippen LogP contribution in [-0.4, -0.2) is 44.9 Å². The first-order valence-corrected chi connectivity index (χ1v) is 6.34. The summed E-state index contributed by atoms with van der Waals surface area (Å²) in [7, 11) is 1.75. The highest BCUT2D eigenvalue weighted by Crippen LogP contribution is 2.24. The SMILES string of the molecule is Cn1cc(N)c(C(=O)N2CCCC2CCCO)n1. The molecule has 1 aromatic rings. The van der Waals surface area contributed by atoms with Crippen LogP contribution in [0, 0.1) is 0 Å². The van der Waals surface area contributed by atoms with Crippen LogP contribution in [0.4, 0.5) is 5.69 Å². The van der Waals surface area contributed by atoms with Gasteiger partial charge in [0.15, 0.2) is 5.69 Å². The van der Waals surface area contributed by atoms with Gasteiger partial charge in [-0.25, -0.2) is 0 Å². The zero-order valence-corrected chi connectivity index (χ0v) is 10.7. The van der Waals surface area contributed by atoms with E-state index in [1.54, 1.807) is 17.9 Å². The largest absolute Gasteiger partial charge is 0.396 e. The number of carbonyl (C=O) groups is 1. The van der Waals surface area contributed by atoms with Crippen LogP contribution in [0.1, 0.15) is 36.2 Å². The van der Waals surface area contributed by atoms with Gasteiger partial charge in [0.2, 0.25) is 0 Å². The van der Waals surface area contributed by atoms with Crippen molar-refractivity contribution in [3.63, 3.8) is 0 Å². The Balaban J connectivity index is 2.10. The molecule has 0 bridgehead atoms. The van der Waals surface area contributed by atoms with Crippen molar-refractivity contribution in [1.82, 2.24) is 14.7 Å². The van der Waals surface area contributed by atoms with Gasteiger partial charge in [-0.15, -0.1) is 0 Å². The molecule has 2 heterocycles. The quantitative estimate of drug-likeness (QED) is 0.811. The lowest BCUT2D eigenvalue weighted by molar-refractivity contribution is 0.0718. The molecule has 1 atom stereocenters. The minimum absolute atomic E-state index is 0.0893. The zero-order valence-electron chi connectivity index (χ0n) is 10.7. The van der Waals surface area contributed by atoms with Gasteiger partial charge in [0.1, 0.15) is 0 Å². The molecular weight excluding hydrogens is 232 g/mol. The van der Waals surface area contributed by atoms with Crippen molar-refractivity contribution in [2.45, 2.75) is 31.7 Å². The fourth-order valence-corrected chi connectivity index (χ4v) is 2.54. The average molecular weight is 252 g/mol. The van der Waals surface area contributed by atoms with Gasteiger partial charge in [0.25, 0.3) is 5.91 Å². The smallest absolute Gasteiger partial charge is 0.276 e. The third-order valence-electron chi connectivity index (χ3n) is 3.39. The number of aliphatic hydroxyl groups is 1. The van der Waals surface area contributed by atoms with Gasteiger partial charge < -0.3 is 15.7 Å². The standard InChI is InChI=1S/C12H20N4O2/c1-15-8-10(13)11(14-15)12(18)16-6-2-4-9(16)5-3-7-17/h8-9,17H,2-7,13H2,1H3. The Morgan fingerprint density at radius 2 is 2.44 bits per heavy atom. The number of likely N-dealkylation sites (tertiary alicyclic amines) is 1. The van der Waals surface area contributed by atoms with E-state index in [9.17, 15) is 4.79 Å². The van der Waals surface area contributed by atoms with Crippen molar-refractivity contribution >= 4 is 11.6 Å². The van der Waals surface area contributed by atoms with Gasteiger partial charge >= 0.3 is 0 Å². The van der Waals surface area contributed by atoms with E-state index < -0.39 is 0 Å². The number of carbonyl (C=O) groups excluding carboxylic acids is 1. The van der Waals surface area contributed by atoms with Crippen LogP contribution in [0.25, 0.3) is 0 Å². The molecule has 18 heavy (non-hydrogen) atoms. The summed E-state index contributed by atoms with van der Waals surface area (Å²) in [6.07, 6.45) is 5.22. The van der Waals surface area contributed by atoms with Gasteiger partial charge in [-0.3, -0.25) is 9.48 Å². The highest BCUT2D eigenvalue weighted by molar-refractivity contribution is 5.97. The van der Waals surface area contributed by atoms with E-state index in [0.29, 0.717) is 11.4 Å². The Hall–Kier alpha value is -1.56. The summed E-state index contributed by atoms with van der Waals surface area (Å²) >= 11 is 0. The summed E-state index contributed by atoms with van der Waals surface area (Å²) in [6, 6.07) is 0.214. The molecule has 3 N–H and O–H groups in total. The molecule has 0 aliphatic carbocycles. The summed E-state index contributed by atoms with van der Waals surface area (Å²) in [5.74, 6) is -0.0893. The van der Waals surface area contributed by atoms with Crippen LogP contribution in [0.15, 0.2) is 6.20 Å². The minimum Gasteiger partial charge on any atom is -0.396 e. The second kappa shape index (κ2) is 5.39. The van der Waals surface area contributed by atoms with E-state index in [1.165, 1.54) is 0 Å². The summed E-state index contributed by atoms with van der Waals surface area (Å²) in [5.41, 5.74) is 6.55. The molecule has 1 saturated heterocycles. The lowest BCUT2D eigenvalue weighted by Gasteiger charge is -2.23. The van der Waals surface area contributed by atoms with E-state index in [4.69, 9.17) is 10.8 Å². The maximum absolute atomic E-state index is 12.4. The number of rotatable bonds is 4. The van der Waals surface area contributed by atoms with Crippen LogP contribution >= 0.6 is 0 Å². The summed E-state index contributed by atoms with van der Waals surface area (Å²) in [4.78, 5) is 14.2. The van der Waals surface area contributed by atoms with Gasteiger partial charge in [0.05, 0.1) is 5.69 Å². The molecule has 6 nitrogen and oxygen atoms in total. The first-order valence-electron chi connectivity index (χ1n) is 6.34. The van der Waals surface area contributed by atoms with Gasteiger partial charge in [-0.1, -0.05) is 0 Å². The number of hydrogen-bond donors (Lipinski definition) is 2. The van der Waals surface area contributed by atoms with Crippen LogP contribution in [-0.2, 0) is 7.05 Å². The molecule has 1 aromatic heterocycles. The fourth-order valence-electron chi connectivity index (χ4n) is 2.54. The first-order chi connectivity index (χ1) is 8.63. The summed E-state index contributed by atoms with van der Waals surface area (Å²) in [5, 5.41) is 13.0. The van der Waals surface area contributed by atoms with Crippen LogP contribution < -0.4 is 5.73 Å². The first kappa shape index (κ1) is 12.9. The second-order valence-electron chi connectivity index (χ2n) is 4.77. The molecular formula is C12H20N4O2. The molecule has 1 fully saturated rings. The second-order valence-corrected chi connectivity index (χ2v) is 4.77. The Morgan fingerprint density at radius 3 is 3.06 bits per heavy atom. The molecule has 1 aliphatic rings. The van der Waals surface area contributed by atoms with E-state index in [2.05, 4.69) is 5.10 Å². The number of aryl methyl sites for hydroxylation is 1. The Kier molecular flexibility index (Phi) is 3.86. The summed E-state index contributed by atoms with van der Waals surface area (Å²) < 4.78 is 1.56. The Bertz CT molecular complexity index is 430. The molecule has 6 heteroatoms. The maximum atomic E-state index is 12.4. The third kappa shape index (κ3) is 2.48. The van der Waals surface area contributed by atoms with Crippen molar-refractivity contribution in [2.75, 3.05) is 18.9 Å². The maximum Gasteiger partial charge on any atom is 0.276 e. The predicted molar refractivity (Wildman–Crippen MR) is 68.0 cm³/mol. The highest BCUT2D eigenvalue weighted by atomic mass is 16.3. The summed E-state index contributed by atoms with van der Waals surface area (Å²) in [6.45, 7) is 0.926.